The van der Waals surface area contributed by atoms with Crippen LogP contribution in [0.5, 0.6) is 5.75 Å². The molecule has 1 amide bonds. The Labute approximate surface area is 153 Å². The number of nitrogens with one attached hydrogen (secondary N) is 1. The van der Waals surface area contributed by atoms with E-state index in [1.807, 2.05) is 29.2 Å². The Morgan fingerprint density at radius 2 is 2.04 bits per heavy atom. The van der Waals surface area contributed by atoms with Crippen molar-refractivity contribution in [1.82, 2.24) is 14.9 Å². The van der Waals surface area contributed by atoms with Crippen molar-refractivity contribution in [2.45, 2.75) is 31.7 Å². The number of hydrogen-bond donors (Lipinski definition) is 1. The number of amides is 1. The van der Waals surface area contributed by atoms with Crippen molar-refractivity contribution in [3.05, 3.63) is 59.9 Å². The monoisotopic (exact) mass is 349 g/mol. The van der Waals surface area contributed by atoms with Crippen LogP contribution in [-0.4, -0.2) is 34.4 Å². The van der Waals surface area contributed by atoms with Crippen molar-refractivity contribution in [1.29, 1.82) is 0 Å². The molecule has 3 aromatic rings. The fraction of sp³-hybridized carbons (Fsp3) is 0.333. The number of likely N-dealkylation sites (tertiary alicyclic amines) is 1. The first-order valence-electron chi connectivity index (χ1n) is 9.15. The highest BCUT2D eigenvalue weighted by Crippen LogP contribution is 2.33. The average Bonchev–Trinajstić information content (AvgIpc) is 2.97. The summed E-state index contributed by atoms with van der Waals surface area (Å²) < 4.78 is 5.27. The average molecular weight is 349 g/mol. The zero-order valence-electron chi connectivity index (χ0n) is 14.9. The first-order valence-corrected chi connectivity index (χ1v) is 9.15. The van der Waals surface area contributed by atoms with Gasteiger partial charge in [-0.05, 0) is 42.7 Å². The second kappa shape index (κ2) is 7.20. The Hall–Kier alpha value is -2.82. The molecule has 0 spiro atoms. The summed E-state index contributed by atoms with van der Waals surface area (Å²) in [6.45, 7) is 0.780. The van der Waals surface area contributed by atoms with Crippen molar-refractivity contribution in [3.8, 4) is 5.75 Å². The fourth-order valence-electron chi connectivity index (χ4n) is 3.81. The Balaban J connectivity index is 1.69. The van der Waals surface area contributed by atoms with Crippen LogP contribution in [0.2, 0.25) is 0 Å². The van der Waals surface area contributed by atoms with E-state index in [0.717, 1.165) is 49.0 Å². The number of hydrogen-bond acceptors (Lipinski definition) is 3. The summed E-state index contributed by atoms with van der Waals surface area (Å²) in [4.78, 5) is 22.8. The van der Waals surface area contributed by atoms with Crippen LogP contribution < -0.4 is 4.74 Å². The minimum absolute atomic E-state index is 0.0759. The number of fused-ring (bicyclic) bond motifs is 1. The topological polar surface area (TPSA) is 58.2 Å². The van der Waals surface area contributed by atoms with E-state index in [0.29, 0.717) is 5.56 Å². The molecule has 5 heteroatoms. The number of ether oxygens (including phenoxy) is 1. The molecular formula is C21H23N3O2. The lowest BCUT2D eigenvalue weighted by Gasteiger charge is -2.30. The van der Waals surface area contributed by atoms with Crippen LogP contribution in [0.25, 0.3) is 11.0 Å². The summed E-state index contributed by atoms with van der Waals surface area (Å²) in [5.74, 6) is 0.912. The molecule has 1 aromatic carbocycles. The van der Waals surface area contributed by atoms with Crippen LogP contribution in [0.15, 0.2) is 48.8 Å². The summed E-state index contributed by atoms with van der Waals surface area (Å²) in [6.07, 6.45) is 7.84. The SMILES string of the molecule is COc1ccc(C2CCCCCN2C(=O)c2c[nH]c3ncccc23)cc1. The summed E-state index contributed by atoms with van der Waals surface area (Å²) in [7, 11) is 1.67. The summed E-state index contributed by atoms with van der Waals surface area (Å²) in [5.41, 5.74) is 2.62. The standard InChI is InChI=1S/C21H23N3O2/c1-26-16-10-8-15(9-11-16)19-7-3-2-4-13-24(19)21(25)18-14-23-20-17(18)6-5-12-22-20/h5-6,8-12,14,19H,2-4,7,13H2,1H3,(H,22,23). The number of aromatic amines is 1. The molecule has 1 N–H and O–H groups in total. The van der Waals surface area contributed by atoms with Gasteiger partial charge >= 0.3 is 0 Å². The number of nitrogens with zero attached hydrogens (tertiary/aromatic N) is 2. The van der Waals surface area contributed by atoms with Gasteiger partial charge in [-0.1, -0.05) is 25.0 Å². The maximum absolute atomic E-state index is 13.4. The van der Waals surface area contributed by atoms with Gasteiger partial charge in [0.2, 0.25) is 0 Å². The van der Waals surface area contributed by atoms with Gasteiger partial charge in [-0.25, -0.2) is 4.98 Å². The molecule has 2 aromatic heterocycles. The molecule has 4 rings (SSSR count). The molecule has 1 saturated heterocycles. The third-order valence-corrected chi connectivity index (χ3v) is 5.20. The molecule has 1 aliphatic rings. The smallest absolute Gasteiger partial charge is 0.256 e. The zero-order chi connectivity index (χ0) is 17.9. The third kappa shape index (κ3) is 3.05. The second-order valence-electron chi connectivity index (χ2n) is 6.74. The number of pyridine rings is 1. The fourth-order valence-corrected chi connectivity index (χ4v) is 3.81. The molecule has 26 heavy (non-hydrogen) atoms. The highest BCUT2D eigenvalue weighted by Gasteiger charge is 2.29. The molecule has 0 aliphatic carbocycles. The summed E-state index contributed by atoms with van der Waals surface area (Å²) >= 11 is 0. The van der Waals surface area contributed by atoms with Gasteiger partial charge in [-0.2, -0.15) is 0 Å². The maximum Gasteiger partial charge on any atom is 0.256 e. The van der Waals surface area contributed by atoms with Crippen LogP contribution in [0.4, 0.5) is 0 Å². The molecule has 134 valence electrons. The molecule has 5 nitrogen and oxygen atoms in total. The number of aromatic nitrogens is 2. The van der Waals surface area contributed by atoms with Gasteiger partial charge in [0.25, 0.3) is 5.91 Å². The highest BCUT2D eigenvalue weighted by atomic mass is 16.5. The normalized spacial score (nSPS) is 17.9. The van der Waals surface area contributed by atoms with E-state index in [1.165, 1.54) is 5.56 Å². The van der Waals surface area contributed by atoms with Crippen molar-refractivity contribution in [3.63, 3.8) is 0 Å². The van der Waals surface area contributed by atoms with Gasteiger partial charge in [0, 0.05) is 24.3 Å². The number of rotatable bonds is 3. The largest absolute Gasteiger partial charge is 0.497 e. The van der Waals surface area contributed by atoms with Gasteiger partial charge in [0.1, 0.15) is 11.4 Å². The Morgan fingerprint density at radius 1 is 1.19 bits per heavy atom. The molecule has 0 bridgehead atoms. The number of methoxy groups -OCH3 is 1. The van der Waals surface area contributed by atoms with E-state index in [1.54, 1.807) is 19.5 Å². The van der Waals surface area contributed by atoms with Crippen LogP contribution in [0.3, 0.4) is 0 Å². The number of H-pyrrole nitrogens is 1. The van der Waals surface area contributed by atoms with Crippen molar-refractivity contribution in [2.24, 2.45) is 0 Å². The third-order valence-electron chi connectivity index (χ3n) is 5.20. The lowest BCUT2D eigenvalue weighted by atomic mass is 10.00. The molecule has 0 radical (unpaired) electrons. The molecule has 0 saturated carbocycles. The molecule has 1 unspecified atom stereocenters. The van der Waals surface area contributed by atoms with E-state index in [-0.39, 0.29) is 11.9 Å². The van der Waals surface area contributed by atoms with Crippen molar-refractivity contribution in [2.75, 3.05) is 13.7 Å². The Bertz CT molecular complexity index is 901. The van der Waals surface area contributed by atoms with Gasteiger partial charge in [0.05, 0.1) is 18.7 Å². The molecule has 1 atom stereocenters. The van der Waals surface area contributed by atoms with E-state index in [4.69, 9.17) is 4.74 Å². The number of benzene rings is 1. The number of carbonyl (C=O) groups is 1. The summed E-state index contributed by atoms with van der Waals surface area (Å²) in [6, 6.07) is 12.0. The van der Waals surface area contributed by atoms with E-state index in [9.17, 15) is 4.79 Å². The van der Waals surface area contributed by atoms with Crippen molar-refractivity contribution >= 4 is 16.9 Å². The van der Waals surface area contributed by atoms with Crippen LogP contribution in [0.1, 0.15) is 47.6 Å². The van der Waals surface area contributed by atoms with E-state index < -0.39 is 0 Å². The van der Waals surface area contributed by atoms with Gasteiger partial charge in [-0.15, -0.1) is 0 Å². The minimum atomic E-state index is 0.0759. The van der Waals surface area contributed by atoms with Crippen molar-refractivity contribution < 1.29 is 9.53 Å². The summed E-state index contributed by atoms with van der Waals surface area (Å²) in [5, 5.41) is 0.884. The van der Waals surface area contributed by atoms with Crippen LogP contribution in [-0.2, 0) is 0 Å². The van der Waals surface area contributed by atoms with E-state index in [2.05, 4.69) is 22.1 Å². The highest BCUT2D eigenvalue weighted by molar-refractivity contribution is 6.06. The first kappa shape index (κ1) is 16.6. The Morgan fingerprint density at radius 3 is 2.85 bits per heavy atom. The molecule has 1 aliphatic heterocycles. The zero-order valence-corrected chi connectivity index (χ0v) is 14.9. The van der Waals surface area contributed by atoms with Crippen LogP contribution >= 0.6 is 0 Å². The predicted molar refractivity (Wildman–Crippen MR) is 101 cm³/mol. The quantitative estimate of drug-likeness (QED) is 0.766. The predicted octanol–water partition coefficient (Wildman–Crippen LogP) is 4.33. The minimum Gasteiger partial charge on any atom is -0.497 e. The van der Waals surface area contributed by atoms with Gasteiger partial charge < -0.3 is 14.6 Å². The van der Waals surface area contributed by atoms with Gasteiger partial charge in [-0.3, -0.25) is 4.79 Å². The van der Waals surface area contributed by atoms with Gasteiger partial charge in [0.15, 0.2) is 0 Å². The van der Waals surface area contributed by atoms with Crippen LogP contribution in [0, 0.1) is 0 Å². The Kier molecular flexibility index (Phi) is 4.61. The molecular weight excluding hydrogens is 326 g/mol. The lowest BCUT2D eigenvalue weighted by Crippen LogP contribution is -2.34. The lowest BCUT2D eigenvalue weighted by molar-refractivity contribution is 0.0683. The molecule has 1 fully saturated rings. The number of carbonyl (C=O) groups excluding carboxylic acids is 1. The van der Waals surface area contributed by atoms with E-state index >= 15 is 0 Å². The second-order valence-corrected chi connectivity index (χ2v) is 6.74. The maximum atomic E-state index is 13.4. The first-order chi connectivity index (χ1) is 12.8. The molecule has 3 heterocycles.